The SMILES string of the molecule is O=C([O-])C(Cl)COc1ccccc1.[Na+]. The smallest absolute Gasteiger partial charge is 0.548 e. The first-order valence-electron chi connectivity index (χ1n) is 3.73. The number of carbonyl (C=O) groups is 1. The number of aliphatic carboxylic acids is 1. The van der Waals surface area contributed by atoms with Gasteiger partial charge in [-0.25, -0.2) is 0 Å². The Bertz CT molecular complexity index is 279. The largest absolute Gasteiger partial charge is 1.00 e. The molecule has 0 saturated carbocycles. The van der Waals surface area contributed by atoms with Crippen molar-refractivity contribution < 1.29 is 44.2 Å². The Labute approximate surface area is 109 Å². The molecule has 0 amide bonds. The number of hydrogen-bond acceptors (Lipinski definition) is 3. The molecule has 0 aliphatic carbocycles. The number of carboxylic acids is 1. The molecule has 0 bridgehead atoms. The molecule has 0 aliphatic heterocycles. The van der Waals surface area contributed by atoms with E-state index in [-0.39, 0.29) is 36.2 Å². The van der Waals surface area contributed by atoms with Crippen LogP contribution in [0, 0.1) is 0 Å². The van der Waals surface area contributed by atoms with Crippen molar-refractivity contribution in [2.24, 2.45) is 0 Å². The van der Waals surface area contributed by atoms with Crippen LogP contribution in [0.25, 0.3) is 0 Å². The number of alkyl halides is 1. The molecule has 0 aromatic heterocycles. The zero-order valence-electron chi connectivity index (χ0n) is 7.77. The van der Waals surface area contributed by atoms with E-state index in [0.717, 1.165) is 0 Å². The standard InChI is InChI=1S/C9H9ClO3.Na/c10-8(9(11)12)6-13-7-4-2-1-3-5-7;/h1-5,8H,6H2,(H,11,12);/q;+1/p-1. The molecule has 3 nitrogen and oxygen atoms in total. The van der Waals surface area contributed by atoms with Crippen molar-refractivity contribution in [1.29, 1.82) is 0 Å². The van der Waals surface area contributed by atoms with Gasteiger partial charge in [0.15, 0.2) is 0 Å². The fraction of sp³-hybridized carbons (Fsp3) is 0.222. The summed E-state index contributed by atoms with van der Waals surface area (Å²) in [6.07, 6.45) is 0. The third-order valence-electron chi connectivity index (χ3n) is 1.40. The van der Waals surface area contributed by atoms with E-state index >= 15 is 0 Å². The maximum Gasteiger partial charge on any atom is 1.00 e. The number of halogens is 1. The van der Waals surface area contributed by atoms with Gasteiger partial charge in [-0.05, 0) is 12.1 Å². The molecule has 0 radical (unpaired) electrons. The first-order valence-corrected chi connectivity index (χ1v) is 4.16. The van der Waals surface area contributed by atoms with E-state index in [0.29, 0.717) is 5.75 Å². The fourth-order valence-corrected chi connectivity index (χ4v) is 0.817. The number of benzene rings is 1. The van der Waals surface area contributed by atoms with Gasteiger partial charge in [0.1, 0.15) is 17.7 Å². The van der Waals surface area contributed by atoms with Crippen molar-refractivity contribution in [1.82, 2.24) is 0 Å². The predicted molar refractivity (Wildman–Crippen MR) is 46.6 cm³/mol. The monoisotopic (exact) mass is 222 g/mol. The Morgan fingerprint density at radius 1 is 1.43 bits per heavy atom. The van der Waals surface area contributed by atoms with Crippen molar-refractivity contribution in [2.75, 3.05) is 6.61 Å². The maximum absolute atomic E-state index is 10.2. The number of hydrogen-bond donors (Lipinski definition) is 0. The summed E-state index contributed by atoms with van der Waals surface area (Å²) in [6.45, 7) is -0.0894. The molecule has 0 aliphatic rings. The number of carbonyl (C=O) groups excluding carboxylic acids is 1. The summed E-state index contributed by atoms with van der Waals surface area (Å²) in [7, 11) is 0. The van der Waals surface area contributed by atoms with Gasteiger partial charge in [-0.15, -0.1) is 11.6 Å². The van der Waals surface area contributed by atoms with Crippen LogP contribution in [-0.2, 0) is 4.79 Å². The van der Waals surface area contributed by atoms with Crippen molar-refractivity contribution in [3.63, 3.8) is 0 Å². The summed E-state index contributed by atoms with van der Waals surface area (Å²) >= 11 is 5.38. The van der Waals surface area contributed by atoms with E-state index in [9.17, 15) is 9.90 Å². The summed E-state index contributed by atoms with van der Waals surface area (Å²) in [4.78, 5) is 10.2. The Balaban J connectivity index is 0.00000169. The Morgan fingerprint density at radius 2 is 2.00 bits per heavy atom. The second kappa shape index (κ2) is 7.12. The molecule has 1 atom stereocenters. The molecule has 0 saturated heterocycles. The third kappa shape index (κ3) is 4.86. The maximum atomic E-state index is 10.2. The minimum absolute atomic E-state index is 0. The molecular formula is C9H8ClNaO3. The molecule has 14 heavy (non-hydrogen) atoms. The van der Waals surface area contributed by atoms with E-state index < -0.39 is 11.3 Å². The van der Waals surface area contributed by atoms with Gasteiger partial charge >= 0.3 is 29.6 Å². The van der Waals surface area contributed by atoms with E-state index in [1.165, 1.54) is 0 Å². The van der Waals surface area contributed by atoms with Crippen LogP contribution < -0.4 is 39.4 Å². The van der Waals surface area contributed by atoms with E-state index in [1.807, 2.05) is 6.07 Å². The fourth-order valence-electron chi connectivity index (χ4n) is 0.754. The molecule has 0 heterocycles. The van der Waals surface area contributed by atoms with Crippen LogP contribution >= 0.6 is 11.6 Å². The molecular weight excluding hydrogens is 215 g/mol. The van der Waals surface area contributed by atoms with Gasteiger partial charge in [0, 0.05) is 0 Å². The topological polar surface area (TPSA) is 49.4 Å². The van der Waals surface area contributed by atoms with Gasteiger partial charge in [0.2, 0.25) is 0 Å². The summed E-state index contributed by atoms with van der Waals surface area (Å²) in [5.41, 5.74) is 0. The zero-order chi connectivity index (χ0) is 9.68. The second-order valence-corrected chi connectivity index (χ2v) is 2.94. The van der Waals surface area contributed by atoms with Crippen molar-refractivity contribution in [2.45, 2.75) is 5.38 Å². The third-order valence-corrected chi connectivity index (χ3v) is 1.70. The molecule has 0 fully saturated rings. The molecule has 5 heteroatoms. The summed E-state index contributed by atoms with van der Waals surface area (Å²) in [6, 6.07) is 8.86. The van der Waals surface area contributed by atoms with E-state index in [2.05, 4.69) is 0 Å². The number of carboxylic acid groups (broad SMARTS) is 1. The van der Waals surface area contributed by atoms with Crippen LogP contribution in [0.1, 0.15) is 0 Å². The van der Waals surface area contributed by atoms with Crippen LogP contribution in [0.5, 0.6) is 5.75 Å². The van der Waals surface area contributed by atoms with Gasteiger partial charge in [0.25, 0.3) is 0 Å². The number of ether oxygens (including phenoxy) is 1. The summed E-state index contributed by atoms with van der Waals surface area (Å²) < 4.78 is 5.08. The van der Waals surface area contributed by atoms with Gasteiger partial charge in [0.05, 0.1) is 5.97 Å². The molecule has 0 N–H and O–H groups in total. The van der Waals surface area contributed by atoms with Gasteiger partial charge in [-0.1, -0.05) is 18.2 Å². The van der Waals surface area contributed by atoms with Crippen LogP contribution in [0.2, 0.25) is 0 Å². The van der Waals surface area contributed by atoms with Gasteiger partial charge in [-0.2, -0.15) is 0 Å². The minimum Gasteiger partial charge on any atom is -0.548 e. The molecule has 70 valence electrons. The van der Waals surface area contributed by atoms with Crippen molar-refractivity contribution in [3.05, 3.63) is 30.3 Å². The van der Waals surface area contributed by atoms with Gasteiger partial charge < -0.3 is 14.6 Å². The Morgan fingerprint density at radius 3 is 2.50 bits per heavy atom. The molecule has 1 aromatic rings. The van der Waals surface area contributed by atoms with Crippen LogP contribution in [0.4, 0.5) is 0 Å². The normalized spacial score (nSPS) is 11.2. The Hall–Kier alpha value is -0.220. The average Bonchev–Trinajstić information content (AvgIpc) is 2.15. The van der Waals surface area contributed by atoms with Gasteiger partial charge in [-0.3, -0.25) is 0 Å². The van der Waals surface area contributed by atoms with Crippen molar-refractivity contribution >= 4 is 17.6 Å². The average molecular weight is 223 g/mol. The van der Waals surface area contributed by atoms with Crippen LogP contribution in [0.3, 0.4) is 0 Å². The number of para-hydroxylation sites is 1. The minimum atomic E-state index is -1.32. The molecule has 1 unspecified atom stereocenters. The van der Waals surface area contributed by atoms with Crippen molar-refractivity contribution in [3.8, 4) is 5.75 Å². The molecule has 1 rings (SSSR count). The zero-order valence-corrected chi connectivity index (χ0v) is 10.5. The quantitative estimate of drug-likeness (QED) is 0.416. The molecule has 1 aromatic carbocycles. The van der Waals surface area contributed by atoms with Crippen LogP contribution in [-0.4, -0.2) is 18.0 Å². The summed E-state index contributed by atoms with van der Waals surface area (Å²) in [5, 5.41) is 9.09. The predicted octanol–water partition coefficient (Wildman–Crippen LogP) is -2.57. The van der Waals surface area contributed by atoms with Crippen LogP contribution in [0.15, 0.2) is 30.3 Å². The molecule has 0 spiro atoms. The van der Waals surface area contributed by atoms with E-state index in [1.54, 1.807) is 24.3 Å². The second-order valence-electron chi connectivity index (χ2n) is 2.41. The Kier molecular flexibility index (Phi) is 7.01. The summed E-state index contributed by atoms with van der Waals surface area (Å²) in [5.74, 6) is -0.730. The first-order chi connectivity index (χ1) is 6.20. The first kappa shape index (κ1) is 13.8. The van der Waals surface area contributed by atoms with E-state index in [4.69, 9.17) is 16.3 Å². The number of rotatable bonds is 4.